The topological polar surface area (TPSA) is 76.7 Å². The average Bonchev–Trinajstić information content (AvgIpc) is 2.65. The maximum atomic E-state index is 12.5. The quantitative estimate of drug-likeness (QED) is 0.663. The number of hydrogen-bond donors (Lipinski definition) is 2. The molecule has 144 valence electrons. The molecule has 0 spiro atoms. The van der Waals surface area contributed by atoms with E-state index in [2.05, 4.69) is 10.6 Å². The maximum absolute atomic E-state index is 12.5. The largest absolute Gasteiger partial charge is 0.491 e. The number of anilines is 1. The fraction of sp³-hybridized carbons (Fsp3) is 0.333. The molecule has 2 aromatic rings. The monoisotopic (exact) mass is 370 g/mol. The average molecular weight is 370 g/mol. The van der Waals surface area contributed by atoms with Gasteiger partial charge in [-0.2, -0.15) is 0 Å². The Balaban J connectivity index is 2.04. The normalized spacial score (nSPS) is 10.5. The van der Waals surface area contributed by atoms with Crippen LogP contribution in [0.25, 0.3) is 0 Å². The number of rotatable bonds is 9. The zero-order valence-electron chi connectivity index (χ0n) is 16.0. The van der Waals surface area contributed by atoms with Gasteiger partial charge in [0.05, 0.1) is 17.4 Å². The van der Waals surface area contributed by atoms with Crippen LogP contribution in [0.3, 0.4) is 0 Å². The Hall–Kier alpha value is -2.86. The lowest BCUT2D eigenvalue weighted by Gasteiger charge is -2.12. The van der Waals surface area contributed by atoms with Gasteiger partial charge in [0.25, 0.3) is 11.8 Å². The summed E-state index contributed by atoms with van der Waals surface area (Å²) in [5.41, 5.74) is 1.37. The standard InChI is InChI=1S/C21H26N2O4/c1-15(2)27-17-11-9-16(10-12-17)20(24)23-19-8-5-4-7-18(19)21(25)22-13-6-14-26-3/h4-5,7-12,15H,6,13-14H2,1-3H3,(H,22,25)(H,23,24). The second kappa shape index (κ2) is 10.3. The van der Waals surface area contributed by atoms with E-state index in [1.165, 1.54) is 0 Å². The van der Waals surface area contributed by atoms with Crippen LogP contribution in [-0.4, -0.2) is 38.2 Å². The minimum atomic E-state index is -0.286. The van der Waals surface area contributed by atoms with E-state index in [4.69, 9.17) is 9.47 Å². The number of carbonyl (C=O) groups excluding carboxylic acids is 2. The molecule has 2 N–H and O–H groups in total. The van der Waals surface area contributed by atoms with E-state index in [-0.39, 0.29) is 17.9 Å². The molecule has 2 amide bonds. The number of hydrogen-bond acceptors (Lipinski definition) is 4. The molecule has 0 aromatic heterocycles. The summed E-state index contributed by atoms with van der Waals surface area (Å²) in [6.07, 6.45) is 0.792. The highest BCUT2D eigenvalue weighted by molar-refractivity contribution is 6.09. The van der Waals surface area contributed by atoms with Gasteiger partial charge < -0.3 is 20.1 Å². The second-order valence-electron chi connectivity index (χ2n) is 6.29. The van der Waals surface area contributed by atoms with Crippen molar-refractivity contribution in [3.63, 3.8) is 0 Å². The lowest BCUT2D eigenvalue weighted by Crippen LogP contribution is -2.26. The Kier molecular flexibility index (Phi) is 7.82. The summed E-state index contributed by atoms with van der Waals surface area (Å²) in [4.78, 5) is 24.9. The zero-order chi connectivity index (χ0) is 19.6. The number of ether oxygens (including phenoxy) is 2. The number of methoxy groups -OCH3 is 1. The predicted octanol–water partition coefficient (Wildman–Crippen LogP) is 3.49. The smallest absolute Gasteiger partial charge is 0.255 e. The van der Waals surface area contributed by atoms with Crippen molar-refractivity contribution in [1.29, 1.82) is 0 Å². The lowest BCUT2D eigenvalue weighted by atomic mass is 10.1. The van der Waals surface area contributed by atoms with E-state index in [1.807, 2.05) is 13.8 Å². The van der Waals surface area contributed by atoms with Gasteiger partial charge in [0.1, 0.15) is 5.75 Å². The molecule has 0 radical (unpaired) electrons. The molecule has 27 heavy (non-hydrogen) atoms. The SMILES string of the molecule is COCCCNC(=O)c1ccccc1NC(=O)c1ccc(OC(C)C)cc1. The zero-order valence-corrected chi connectivity index (χ0v) is 16.0. The molecule has 0 bridgehead atoms. The molecular weight excluding hydrogens is 344 g/mol. The number of nitrogens with one attached hydrogen (secondary N) is 2. The molecule has 0 saturated carbocycles. The third-order valence-corrected chi connectivity index (χ3v) is 3.72. The lowest BCUT2D eigenvalue weighted by molar-refractivity contribution is 0.0949. The van der Waals surface area contributed by atoms with Gasteiger partial charge in [0, 0.05) is 25.8 Å². The molecule has 6 heteroatoms. The van der Waals surface area contributed by atoms with Gasteiger partial charge in [-0.15, -0.1) is 0 Å². The molecule has 0 aliphatic carbocycles. The molecule has 2 rings (SSSR count). The minimum Gasteiger partial charge on any atom is -0.491 e. The van der Waals surface area contributed by atoms with Crippen LogP contribution in [0.4, 0.5) is 5.69 Å². The van der Waals surface area contributed by atoms with Crippen LogP contribution in [0.2, 0.25) is 0 Å². The predicted molar refractivity (Wildman–Crippen MR) is 105 cm³/mol. The summed E-state index contributed by atoms with van der Waals surface area (Å²) in [6, 6.07) is 13.8. The molecule has 0 aliphatic rings. The van der Waals surface area contributed by atoms with Crippen LogP contribution in [0, 0.1) is 0 Å². The molecule has 6 nitrogen and oxygen atoms in total. The fourth-order valence-corrected chi connectivity index (χ4v) is 2.46. The van der Waals surface area contributed by atoms with E-state index in [1.54, 1.807) is 55.6 Å². The van der Waals surface area contributed by atoms with Crippen molar-refractivity contribution in [3.05, 3.63) is 59.7 Å². The van der Waals surface area contributed by atoms with Crippen LogP contribution in [0.5, 0.6) is 5.75 Å². The van der Waals surface area contributed by atoms with Crippen molar-refractivity contribution in [1.82, 2.24) is 5.32 Å². The number of benzene rings is 2. The summed E-state index contributed by atoms with van der Waals surface area (Å²) >= 11 is 0. The van der Waals surface area contributed by atoms with Gasteiger partial charge in [0.15, 0.2) is 0 Å². The van der Waals surface area contributed by atoms with Crippen molar-refractivity contribution in [2.75, 3.05) is 25.6 Å². The van der Waals surface area contributed by atoms with Gasteiger partial charge in [-0.25, -0.2) is 0 Å². The molecular formula is C21H26N2O4. The summed E-state index contributed by atoms with van der Waals surface area (Å²) in [6.45, 7) is 4.97. The number of amides is 2. The van der Waals surface area contributed by atoms with Crippen molar-refractivity contribution in [2.24, 2.45) is 0 Å². The van der Waals surface area contributed by atoms with Crippen molar-refractivity contribution in [3.8, 4) is 5.75 Å². The maximum Gasteiger partial charge on any atom is 0.255 e. The molecule has 0 atom stereocenters. The first-order valence-electron chi connectivity index (χ1n) is 8.95. The second-order valence-corrected chi connectivity index (χ2v) is 6.29. The summed E-state index contributed by atoms with van der Waals surface area (Å²) in [7, 11) is 1.62. The van der Waals surface area contributed by atoms with E-state index in [9.17, 15) is 9.59 Å². The Morgan fingerprint density at radius 1 is 1.00 bits per heavy atom. The number of para-hydroxylation sites is 1. The van der Waals surface area contributed by atoms with Crippen LogP contribution in [0.1, 0.15) is 41.0 Å². The Labute approximate surface area is 159 Å². The highest BCUT2D eigenvalue weighted by atomic mass is 16.5. The van der Waals surface area contributed by atoms with E-state index < -0.39 is 0 Å². The first kappa shape index (κ1) is 20.5. The highest BCUT2D eigenvalue weighted by Gasteiger charge is 2.14. The Morgan fingerprint density at radius 2 is 1.70 bits per heavy atom. The molecule has 0 saturated heterocycles. The minimum absolute atomic E-state index is 0.0685. The van der Waals surface area contributed by atoms with Crippen molar-refractivity contribution in [2.45, 2.75) is 26.4 Å². The summed E-state index contributed by atoms with van der Waals surface area (Å²) in [5, 5.41) is 5.63. The van der Waals surface area contributed by atoms with Crippen LogP contribution < -0.4 is 15.4 Å². The van der Waals surface area contributed by atoms with Gasteiger partial charge in [-0.05, 0) is 56.7 Å². The first-order valence-corrected chi connectivity index (χ1v) is 8.95. The third kappa shape index (κ3) is 6.42. The van der Waals surface area contributed by atoms with Crippen LogP contribution >= 0.6 is 0 Å². The van der Waals surface area contributed by atoms with Gasteiger partial charge in [-0.1, -0.05) is 12.1 Å². The molecule has 0 aliphatic heterocycles. The summed E-state index contributed by atoms with van der Waals surface area (Å²) in [5.74, 6) is 0.186. The molecule has 2 aromatic carbocycles. The first-order chi connectivity index (χ1) is 13.0. The van der Waals surface area contributed by atoms with Gasteiger partial charge in [0.2, 0.25) is 0 Å². The third-order valence-electron chi connectivity index (χ3n) is 3.72. The highest BCUT2D eigenvalue weighted by Crippen LogP contribution is 2.18. The van der Waals surface area contributed by atoms with Crippen molar-refractivity contribution < 1.29 is 19.1 Å². The van der Waals surface area contributed by atoms with E-state index >= 15 is 0 Å². The summed E-state index contributed by atoms with van der Waals surface area (Å²) < 4.78 is 10.5. The molecule has 0 fully saturated rings. The van der Waals surface area contributed by atoms with Gasteiger partial charge >= 0.3 is 0 Å². The Bertz CT molecular complexity index is 757. The molecule has 0 heterocycles. The van der Waals surface area contributed by atoms with Crippen LogP contribution in [0.15, 0.2) is 48.5 Å². The fourth-order valence-electron chi connectivity index (χ4n) is 2.46. The van der Waals surface area contributed by atoms with E-state index in [0.717, 1.165) is 6.42 Å². The molecule has 0 unspecified atom stereocenters. The Morgan fingerprint density at radius 3 is 2.37 bits per heavy atom. The van der Waals surface area contributed by atoms with E-state index in [0.29, 0.717) is 35.7 Å². The number of carbonyl (C=O) groups is 2. The van der Waals surface area contributed by atoms with Gasteiger partial charge in [-0.3, -0.25) is 9.59 Å². The van der Waals surface area contributed by atoms with Crippen LogP contribution in [-0.2, 0) is 4.74 Å². The van der Waals surface area contributed by atoms with Crippen molar-refractivity contribution >= 4 is 17.5 Å².